The monoisotopic (exact) mass is 471 g/mol. The summed E-state index contributed by atoms with van der Waals surface area (Å²) in [4.78, 5) is 12.4. The Bertz CT molecular complexity index is 1010. The summed E-state index contributed by atoms with van der Waals surface area (Å²) in [6.07, 6.45) is -0.326. The van der Waals surface area contributed by atoms with Crippen LogP contribution in [0.5, 0.6) is 0 Å². The molecular weight excluding hydrogens is 449 g/mol. The molecule has 30 heavy (non-hydrogen) atoms. The average molecular weight is 472 g/mol. The first-order chi connectivity index (χ1) is 14.1. The van der Waals surface area contributed by atoms with E-state index >= 15 is 0 Å². The number of sulfonamides is 1. The van der Waals surface area contributed by atoms with Crippen LogP contribution in [-0.2, 0) is 19.6 Å². The molecule has 0 spiro atoms. The van der Waals surface area contributed by atoms with Gasteiger partial charge in [-0.1, -0.05) is 23.2 Å². The predicted molar refractivity (Wildman–Crippen MR) is 119 cm³/mol. The molecule has 1 saturated heterocycles. The number of nitrogens with zero attached hydrogens (tertiary/aromatic N) is 1. The third-order valence-electron chi connectivity index (χ3n) is 4.53. The lowest BCUT2D eigenvalue weighted by Crippen LogP contribution is -2.48. The number of nitrogens with one attached hydrogen (secondary N) is 2. The number of hydrogen-bond donors (Lipinski definition) is 2. The van der Waals surface area contributed by atoms with Crippen molar-refractivity contribution < 1.29 is 17.9 Å². The summed E-state index contributed by atoms with van der Waals surface area (Å²) in [5.41, 5.74) is 1.08. The van der Waals surface area contributed by atoms with Gasteiger partial charge in [-0.05, 0) is 56.3 Å². The summed E-state index contributed by atoms with van der Waals surface area (Å²) in [5, 5.41) is 6.57. The molecule has 1 fully saturated rings. The van der Waals surface area contributed by atoms with Gasteiger partial charge in [-0.3, -0.25) is 4.79 Å². The largest absolute Gasteiger partial charge is 0.375 e. The number of carbonyl (C=O) groups excluding carboxylic acids is 1. The average Bonchev–Trinajstić information content (AvgIpc) is 2.67. The van der Waals surface area contributed by atoms with E-state index in [4.69, 9.17) is 27.9 Å². The van der Waals surface area contributed by atoms with Crippen LogP contribution in [0.25, 0.3) is 0 Å². The van der Waals surface area contributed by atoms with E-state index in [-0.39, 0.29) is 29.6 Å². The number of benzene rings is 2. The van der Waals surface area contributed by atoms with E-state index in [1.165, 1.54) is 16.4 Å². The molecule has 0 radical (unpaired) electrons. The standard InChI is InChI=1S/C20H23Cl2N3O4S/c1-13-11-25(12-14(2)29-13)30(27,28)17-6-4-16(5-7-17)24-20(26)10-23-19-8-3-15(21)9-18(19)22/h3-9,13-14,23H,10-12H2,1-2H3,(H,24,26). The Kier molecular flexibility index (Phi) is 7.26. The van der Waals surface area contributed by atoms with Crippen molar-refractivity contribution in [3.05, 3.63) is 52.5 Å². The van der Waals surface area contributed by atoms with Crippen LogP contribution >= 0.6 is 23.2 Å². The second-order valence-corrected chi connectivity index (χ2v) is 9.91. The van der Waals surface area contributed by atoms with Crippen molar-refractivity contribution in [2.45, 2.75) is 31.0 Å². The summed E-state index contributed by atoms with van der Waals surface area (Å²) in [6, 6.07) is 11.0. The van der Waals surface area contributed by atoms with Crippen molar-refractivity contribution in [2.24, 2.45) is 0 Å². The van der Waals surface area contributed by atoms with Crippen LogP contribution in [0.4, 0.5) is 11.4 Å². The summed E-state index contributed by atoms with van der Waals surface area (Å²) in [5.74, 6) is -0.299. The van der Waals surface area contributed by atoms with Gasteiger partial charge in [0.2, 0.25) is 15.9 Å². The van der Waals surface area contributed by atoms with Crippen LogP contribution in [-0.4, -0.2) is 50.5 Å². The number of halogens is 2. The maximum atomic E-state index is 12.9. The zero-order chi connectivity index (χ0) is 21.9. The Hall–Kier alpha value is -1.84. The highest BCUT2D eigenvalue weighted by Crippen LogP contribution is 2.25. The van der Waals surface area contributed by atoms with Crippen molar-refractivity contribution in [2.75, 3.05) is 30.3 Å². The second kappa shape index (κ2) is 9.53. The summed E-state index contributed by atoms with van der Waals surface area (Å²) in [7, 11) is -3.62. The van der Waals surface area contributed by atoms with Crippen LogP contribution in [0.15, 0.2) is 47.4 Å². The zero-order valence-corrected chi connectivity index (χ0v) is 18.9. The van der Waals surface area contributed by atoms with Crippen LogP contribution in [0.3, 0.4) is 0 Å². The zero-order valence-electron chi connectivity index (χ0n) is 16.6. The van der Waals surface area contributed by atoms with Gasteiger partial charge < -0.3 is 15.4 Å². The van der Waals surface area contributed by atoms with E-state index in [0.29, 0.717) is 34.5 Å². The molecule has 2 aromatic carbocycles. The molecule has 7 nitrogen and oxygen atoms in total. The Labute approximate surface area is 186 Å². The van der Waals surface area contributed by atoms with Crippen molar-refractivity contribution in [3.63, 3.8) is 0 Å². The molecule has 1 heterocycles. The first kappa shape index (κ1) is 22.8. The van der Waals surface area contributed by atoms with E-state index in [1.54, 1.807) is 30.3 Å². The maximum absolute atomic E-state index is 12.9. The summed E-state index contributed by atoms with van der Waals surface area (Å²) < 4.78 is 32.8. The Morgan fingerprint density at radius 2 is 1.73 bits per heavy atom. The smallest absolute Gasteiger partial charge is 0.243 e. The highest BCUT2D eigenvalue weighted by Gasteiger charge is 2.32. The summed E-state index contributed by atoms with van der Waals surface area (Å²) >= 11 is 11.9. The van der Waals surface area contributed by atoms with Crippen LogP contribution < -0.4 is 10.6 Å². The van der Waals surface area contributed by atoms with E-state index in [1.807, 2.05) is 13.8 Å². The topological polar surface area (TPSA) is 87.7 Å². The maximum Gasteiger partial charge on any atom is 0.243 e. The van der Waals surface area contributed by atoms with Crippen LogP contribution in [0, 0.1) is 0 Å². The molecule has 1 aliphatic rings. The minimum atomic E-state index is -3.62. The molecule has 2 atom stereocenters. The van der Waals surface area contributed by atoms with E-state index in [2.05, 4.69) is 10.6 Å². The molecule has 2 N–H and O–H groups in total. The van der Waals surface area contributed by atoms with Crippen molar-refractivity contribution in [1.29, 1.82) is 0 Å². The normalized spacial score (nSPS) is 20.0. The molecule has 10 heteroatoms. The molecule has 0 aromatic heterocycles. The molecule has 0 aliphatic carbocycles. The Morgan fingerprint density at radius 1 is 1.10 bits per heavy atom. The third-order valence-corrected chi connectivity index (χ3v) is 6.93. The number of amides is 1. The first-order valence-electron chi connectivity index (χ1n) is 9.39. The number of ether oxygens (including phenoxy) is 1. The van der Waals surface area contributed by atoms with Gasteiger partial charge in [0, 0.05) is 23.8 Å². The van der Waals surface area contributed by atoms with Gasteiger partial charge in [0.25, 0.3) is 0 Å². The van der Waals surface area contributed by atoms with Gasteiger partial charge in [0.15, 0.2) is 0 Å². The van der Waals surface area contributed by atoms with Crippen LogP contribution in [0.1, 0.15) is 13.8 Å². The van der Waals surface area contributed by atoms with Gasteiger partial charge in [-0.2, -0.15) is 4.31 Å². The molecule has 1 aliphatic heterocycles. The Balaban J connectivity index is 1.60. The molecule has 1 amide bonds. The van der Waals surface area contributed by atoms with Gasteiger partial charge in [-0.15, -0.1) is 0 Å². The molecule has 0 bridgehead atoms. The minimum absolute atomic E-state index is 0.00897. The lowest BCUT2D eigenvalue weighted by molar-refractivity contribution is -0.114. The van der Waals surface area contributed by atoms with Gasteiger partial charge in [0.1, 0.15) is 0 Å². The Morgan fingerprint density at radius 3 is 2.33 bits per heavy atom. The third kappa shape index (κ3) is 5.65. The quantitative estimate of drug-likeness (QED) is 0.667. The molecule has 2 aromatic rings. The highest BCUT2D eigenvalue weighted by atomic mass is 35.5. The fourth-order valence-electron chi connectivity index (χ4n) is 3.20. The molecular formula is C20H23Cl2N3O4S. The summed E-state index contributed by atoms with van der Waals surface area (Å²) in [6.45, 7) is 4.31. The molecule has 3 rings (SSSR count). The molecule has 2 unspecified atom stereocenters. The fourth-order valence-corrected chi connectivity index (χ4v) is 5.27. The minimum Gasteiger partial charge on any atom is -0.375 e. The number of hydrogen-bond acceptors (Lipinski definition) is 5. The van der Waals surface area contributed by atoms with Crippen molar-refractivity contribution in [3.8, 4) is 0 Å². The molecule has 162 valence electrons. The van der Waals surface area contributed by atoms with Gasteiger partial charge in [0.05, 0.1) is 34.4 Å². The first-order valence-corrected chi connectivity index (χ1v) is 11.6. The van der Waals surface area contributed by atoms with Crippen LogP contribution in [0.2, 0.25) is 10.0 Å². The van der Waals surface area contributed by atoms with E-state index in [0.717, 1.165) is 0 Å². The number of rotatable bonds is 6. The van der Waals surface area contributed by atoms with Gasteiger partial charge in [-0.25, -0.2) is 8.42 Å². The van der Waals surface area contributed by atoms with E-state index in [9.17, 15) is 13.2 Å². The van der Waals surface area contributed by atoms with Gasteiger partial charge >= 0.3 is 0 Å². The lowest BCUT2D eigenvalue weighted by Gasteiger charge is -2.34. The van der Waals surface area contributed by atoms with Crippen molar-refractivity contribution in [1.82, 2.24) is 4.31 Å². The van der Waals surface area contributed by atoms with Crippen molar-refractivity contribution >= 4 is 50.5 Å². The van der Waals surface area contributed by atoms with E-state index < -0.39 is 10.0 Å². The number of carbonyl (C=O) groups is 1. The highest BCUT2D eigenvalue weighted by molar-refractivity contribution is 7.89. The molecule has 0 saturated carbocycles. The SMILES string of the molecule is CC1CN(S(=O)(=O)c2ccc(NC(=O)CNc3ccc(Cl)cc3Cl)cc2)CC(C)O1. The second-order valence-electron chi connectivity index (χ2n) is 7.13. The lowest BCUT2D eigenvalue weighted by atomic mass is 10.3. The number of morpholine rings is 1. The number of anilines is 2. The predicted octanol–water partition coefficient (Wildman–Crippen LogP) is 3.84. The fraction of sp³-hybridized carbons (Fsp3) is 0.350.